The predicted octanol–water partition coefficient (Wildman–Crippen LogP) is 4.13. The summed E-state index contributed by atoms with van der Waals surface area (Å²) >= 11 is 0. The summed E-state index contributed by atoms with van der Waals surface area (Å²) in [5, 5.41) is 3.95. The Hall–Kier alpha value is -2.31. The summed E-state index contributed by atoms with van der Waals surface area (Å²) in [6.07, 6.45) is -0.963. The lowest BCUT2D eigenvalue weighted by molar-refractivity contribution is -0.139. The molecule has 0 unspecified atom stereocenters. The van der Waals surface area contributed by atoms with E-state index in [1.165, 1.54) is 10.8 Å². The zero-order valence-corrected chi connectivity index (χ0v) is 11.5. The largest absolute Gasteiger partial charge is 0.406 e. The van der Waals surface area contributed by atoms with Crippen LogP contribution in [0.2, 0.25) is 0 Å². The second-order valence-corrected chi connectivity index (χ2v) is 5.51. The van der Waals surface area contributed by atoms with Gasteiger partial charge in [-0.2, -0.15) is 13.2 Å². The Labute approximate surface area is 123 Å². The van der Waals surface area contributed by atoms with Crippen molar-refractivity contribution in [2.75, 3.05) is 0 Å². The minimum Gasteiger partial charge on any atom is -0.364 e. The van der Waals surface area contributed by atoms with Crippen LogP contribution >= 0.6 is 0 Å². The third kappa shape index (κ3) is 2.26. The van der Waals surface area contributed by atoms with E-state index >= 15 is 0 Å². The average molecular weight is 307 g/mol. The molecule has 0 bridgehead atoms. The van der Waals surface area contributed by atoms with Crippen LogP contribution in [0.4, 0.5) is 13.2 Å². The standard InChI is InChI=1S/C15H12F3N3O/c16-15(17,18)8-21-12-4-2-1-3-11(12)19-14(21)10-7-22-20-13(10)9-5-6-9/h1-4,7,9H,5-6,8H2. The fourth-order valence-corrected chi connectivity index (χ4v) is 2.68. The second kappa shape index (κ2) is 4.59. The zero-order valence-electron chi connectivity index (χ0n) is 11.5. The van der Waals surface area contributed by atoms with Crippen LogP contribution < -0.4 is 0 Å². The Morgan fingerprint density at radius 2 is 2.00 bits per heavy atom. The van der Waals surface area contributed by atoms with E-state index in [0.717, 1.165) is 12.8 Å². The van der Waals surface area contributed by atoms with E-state index < -0.39 is 12.7 Å². The second-order valence-electron chi connectivity index (χ2n) is 5.51. The lowest BCUT2D eigenvalue weighted by Crippen LogP contribution is -2.18. The molecular weight excluding hydrogens is 295 g/mol. The number of hydrogen-bond donors (Lipinski definition) is 0. The van der Waals surface area contributed by atoms with Crippen LogP contribution in [-0.4, -0.2) is 20.9 Å². The molecule has 0 amide bonds. The van der Waals surface area contributed by atoms with Crippen molar-refractivity contribution in [3.05, 3.63) is 36.2 Å². The molecule has 0 spiro atoms. The molecule has 1 aliphatic carbocycles. The highest BCUT2D eigenvalue weighted by atomic mass is 19.4. The molecule has 0 aliphatic heterocycles. The molecule has 4 rings (SSSR count). The first-order chi connectivity index (χ1) is 10.5. The maximum atomic E-state index is 13.0. The average Bonchev–Trinajstić information content (AvgIpc) is 3.09. The minimum absolute atomic E-state index is 0.265. The van der Waals surface area contributed by atoms with Gasteiger partial charge in [0.05, 0.1) is 22.3 Å². The van der Waals surface area contributed by atoms with E-state index in [2.05, 4.69) is 10.1 Å². The van der Waals surface area contributed by atoms with Gasteiger partial charge in [0, 0.05) is 5.92 Å². The van der Waals surface area contributed by atoms with Crippen molar-refractivity contribution in [2.24, 2.45) is 0 Å². The van der Waals surface area contributed by atoms with Crippen LogP contribution in [0.1, 0.15) is 24.5 Å². The van der Waals surface area contributed by atoms with Gasteiger partial charge in [0.15, 0.2) is 0 Å². The van der Waals surface area contributed by atoms with E-state index in [0.29, 0.717) is 22.3 Å². The number of benzene rings is 1. The van der Waals surface area contributed by atoms with Crippen LogP contribution in [0.3, 0.4) is 0 Å². The van der Waals surface area contributed by atoms with E-state index in [1.807, 2.05) is 0 Å². The molecule has 1 fully saturated rings. The third-order valence-corrected chi connectivity index (χ3v) is 3.79. The van der Waals surface area contributed by atoms with Gasteiger partial charge in [-0.15, -0.1) is 0 Å². The summed E-state index contributed by atoms with van der Waals surface area (Å²) in [5.41, 5.74) is 2.25. The molecule has 0 saturated heterocycles. The van der Waals surface area contributed by atoms with Gasteiger partial charge in [-0.1, -0.05) is 17.3 Å². The normalized spacial score (nSPS) is 15.6. The van der Waals surface area contributed by atoms with E-state index in [1.54, 1.807) is 24.3 Å². The Balaban J connectivity index is 1.92. The molecule has 114 valence electrons. The van der Waals surface area contributed by atoms with Crippen LogP contribution in [-0.2, 0) is 6.54 Å². The maximum absolute atomic E-state index is 13.0. The number of imidazole rings is 1. The van der Waals surface area contributed by atoms with Gasteiger partial charge in [0.1, 0.15) is 18.6 Å². The number of fused-ring (bicyclic) bond motifs is 1. The minimum atomic E-state index is -4.32. The highest BCUT2D eigenvalue weighted by Gasteiger charge is 2.34. The molecular formula is C15H12F3N3O. The molecule has 2 heterocycles. The van der Waals surface area contributed by atoms with Gasteiger partial charge < -0.3 is 9.09 Å². The van der Waals surface area contributed by atoms with E-state index in [-0.39, 0.29) is 11.7 Å². The van der Waals surface area contributed by atoms with Gasteiger partial charge in [-0.05, 0) is 25.0 Å². The first kappa shape index (κ1) is 13.4. The number of aromatic nitrogens is 3. The van der Waals surface area contributed by atoms with Crippen molar-refractivity contribution in [1.29, 1.82) is 0 Å². The molecule has 0 atom stereocenters. The maximum Gasteiger partial charge on any atom is 0.406 e. The Morgan fingerprint density at radius 3 is 2.73 bits per heavy atom. The van der Waals surface area contributed by atoms with Crippen LogP contribution in [0.25, 0.3) is 22.4 Å². The van der Waals surface area contributed by atoms with Crippen LogP contribution in [0.15, 0.2) is 35.1 Å². The SMILES string of the molecule is FC(F)(F)Cn1c(-c2conc2C2CC2)nc2ccccc21. The van der Waals surface area contributed by atoms with Crippen molar-refractivity contribution in [3.63, 3.8) is 0 Å². The van der Waals surface area contributed by atoms with Gasteiger partial charge in [0.2, 0.25) is 0 Å². The Bertz CT molecular complexity index is 830. The summed E-state index contributed by atoms with van der Waals surface area (Å²) in [5.74, 6) is 0.537. The van der Waals surface area contributed by atoms with Crippen LogP contribution in [0.5, 0.6) is 0 Å². The smallest absolute Gasteiger partial charge is 0.364 e. The fraction of sp³-hybridized carbons (Fsp3) is 0.333. The van der Waals surface area contributed by atoms with Crippen molar-refractivity contribution in [2.45, 2.75) is 31.5 Å². The van der Waals surface area contributed by atoms with Crippen molar-refractivity contribution < 1.29 is 17.7 Å². The summed E-state index contributed by atoms with van der Waals surface area (Å²) in [6.45, 7) is -1.09. The number of alkyl halides is 3. The molecule has 7 heteroatoms. The highest BCUT2D eigenvalue weighted by molar-refractivity contribution is 5.81. The molecule has 3 aromatic rings. The van der Waals surface area contributed by atoms with Crippen LogP contribution in [0, 0.1) is 0 Å². The van der Waals surface area contributed by atoms with Gasteiger partial charge in [0.25, 0.3) is 0 Å². The zero-order chi connectivity index (χ0) is 15.3. The molecule has 1 aliphatic rings. The van der Waals surface area contributed by atoms with Crippen molar-refractivity contribution in [1.82, 2.24) is 14.7 Å². The molecule has 1 aromatic carbocycles. The van der Waals surface area contributed by atoms with Gasteiger partial charge >= 0.3 is 6.18 Å². The molecule has 0 N–H and O–H groups in total. The third-order valence-electron chi connectivity index (χ3n) is 3.79. The van der Waals surface area contributed by atoms with Gasteiger partial charge in [-0.25, -0.2) is 4.98 Å². The molecule has 4 nitrogen and oxygen atoms in total. The summed E-state index contributed by atoms with van der Waals surface area (Å²) in [7, 11) is 0. The number of para-hydroxylation sites is 2. The Morgan fingerprint density at radius 1 is 1.23 bits per heavy atom. The Kier molecular flexibility index (Phi) is 2.79. The number of rotatable bonds is 3. The molecule has 1 saturated carbocycles. The lowest BCUT2D eigenvalue weighted by Gasteiger charge is -2.11. The topological polar surface area (TPSA) is 43.9 Å². The van der Waals surface area contributed by atoms with Gasteiger partial charge in [-0.3, -0.25) is 0 Å². The summed E-state index contributed by atoms with van der Waals surface area (Å²) in [4.78, 5) is 4.37. The van der Waals surface area contributed by atoms with Crippen molar-refractivity contribution >= 4 is 11.0 Å². The van der Waals surface area contributed by atoms with E-state index in [4.69, 9.17) is 4.52 Å². The molecule has 22 heavy (non-hydrogen) atoms. The summed E-state index contributed by atoms with van der Waals surface area (Å²) < 4.78 is 45.0. The van der Waals surface area contributed by atoms with E-state index in [9.17, 15) is 13.2 Å². The number of halogens is 3. The monoisotopic (exact) mass is 307 g/mol. The fourth-order valence-electron chi connectivity index (χ4n) is 2.68. The molecule has 2 aromatic heterocycles. The molecule has 0 radical (unpaired) electrons. The predicted molar refractivity (Wildman–Crippen MR) is 73.3 cm³/mol. The first-order valence-electron chi connectivity index (χ1n) is 6.99. The lowest BCUT2D eigenvalue weighted by atomic mass is 10.1. The van der Waals surface area contributed by atoms with Crippen molar-refractivity contribution in [3.8, 4) is 11.4 Å². The number of hydrogen-bond acceptors (Lipinski definition) is 3. The highest BCUT2D eigenvalue weighted by Crippen LogP contribution is 2.44. The summed E-state index contributed by atoms with van der Waals surface area (Å²) in [6, 6.07) is 6.81. The number of nitrogens with zero attached hydrogens (tertiary/aromatic N) is 3. The first-order valence-corrected chi connectivity index (χ1v) is 6.99. The quantitative estimate of drug-likeness (QED) is 0.730.